The van der Waals surface area contributed by atoms with Crippen LogP contribution in [0.3, 0.4) is 0 Å². The molecule has 3 saturated heterocycles. The molecule has 0 spiro atoms. The first-order valence-corrected chi connectivity index (χ1v) is 10.6. The first-order valence-electron chi connectivity index (χ1n) is 8.34. The van der Waals surface area contributed by atoms with E-state index >= 15 is 0 Å². The molecular weight excluding hydrogens is 549 g/mol. The predicted molar refractivity (Wildman–Crippen MR) is 89.6 cm³/mol. The quantitative estimate of drug-likeness (QED) is 0.297. The van der Waals surface area contributed by atoms with Crippen LogP contribution in [-0.2, 0) is 36.6 Å². The first-order chi connectivity index (χ1) is 12.8. The molecule has 0 radical (unpaired) electrons. The van der Waals surface area contributed by atoms with E-state index in [4.69, 9.17) is 28.4 Å². The molecule has 3 aliphatic rings. The topological polar surface area (TPSA) is 89.5 Å². The molecular formula is C18H17O8Tl. The third-order valence-electron chi connectivity index (χ3n) is 4.67. The molecule has 27 heavy (non-hydrogen) atoms. The average Bonchev–Trinajstić information content (AvgIpc) is 3.24. The number of hydrogen-bond donors (Lipinski definition) is 0. The summed E-state index contributed by atoms with van der Waals surface area (Å²) in [6.45, 7) is 5.01. The van der Waals surface area contributed by atoms with Crippen molar-refractivity contribution in [2.24, 2.45) is 0 Å². The monoisotopic (exact) mass is 566 g/mol. The van der Waals surface area contributed by atoms with Gasteiger partial charge < -0.3 is 0 Å². The molecule has 8 nitrogen and oxygen atoms in total. The molecule has 6 atom stereocenters. The molecule has 140 valence electrons. The maximum atomic E-state index is 12.1. The summed E-state index contributed by atoms with van der Waals surface area (Å²) >= 11 is 0.276. The van der Waals surface area contributed by atoms with Crippen LogP contribution in [0.2, 0.25) is 0 Å². The second-order valence-electron chi connectivity index (χ2n) is 6.57. The van der Waals surface area contributed by atoms with Crippen molar-refractivity contribution in [3.05, 3.63) is 42.0 Å². The Kier molecular flexibility index (Phi) is 4.77. The Balaban J connectivity index is 1.50. The van der Waals surface area contributed by atoms with Gasteiger partial charge in [0.2, 0.25) is 0 Å². The molecule has 1 aromatic rings. The minimum atomic E-state index is -1.15. The van der Waals surface area contributed by atoms with E-state index in [2.05, 4.69) is 6.58 Å². The fourth-order valence-electron chi connectivity index (χ4n) is 3.28. The Labute approximate surface area is 171 Å². The van der Waals surface area contributed by atoms with Crippen molar-refractivity contribution in [3.8, 4) is 5.75 Å². The van der Waals surface area contributed by atoms with Gasteiger partial charge in [-0.2, -0.15) is 0 Å². The number of ether oxygens (including phenoxy) is 6. The Morgan fingerprint density at radius 3 is 2.52 bits per heavy atom. The molecule has 0 N–H and O–H groups in total. The van der Waals surface area contributed by atoms with Crippen LogP contribution < -0.4 is 4.74 Å². The van der Waals surface area contributed by atoms with Gasteiger partial charge in [-0.25, -0.2) is 0 Å². The number of carbonyl (C=O) groups is 2. The van der Waals surface area contributed by atoms with Crippen molar-refractivity contribution in [1.29, 1.82) is 0 Å². The summed E-state index contributed by atoms with van der Waals surface area (Å²) in [6, 6.07) is 7.39. The van der Waals surface area contributed by atoms with Crippen molar-refractivity contribution in [2.45, 2.75) is 41.0 Å². The van der Waals surface area contributed by atoms with Gasteiger partial charge in [0.1, 0.15) is 0 Å². The zero-order valence-corrected chi connectivity index (χ0v) is 19.2. The fourth-order valence-corrected chi connectivity index (χ4v) is 5.16. The van der Waals surface area contributed by atoms with Crippen molar-refractivity contribution in [2.75, 3.05) is 7.11 Å². The van der Waals surface area contributed by atoms with Gasteiger partial charge in [0.15, 0.2) is 0 Å². The summed E-state index contributed by atoms with van der Waals surface area (Å²) in [7, 11) is 1.60. The number of hydrogen-bond acceptors (Lipinski definition) is 8. The summed E-state index contributed by atoms with van der Waals surface area (Å²) in [5, 5.41) is 0. The van der Waals surface area contributed by atoms with Gasteiger partial charge in [0, 0.05) is 0 Å². The van der Waals surface area contributed by atoms with Crippen LogP contribution in [-0.4, -0.2) is 75.5 Å². The van der Waals surface area contributed by atoms with Gasteiger partial charge in [0.05, 0.1) is 0 Å². The third-order valence-corrected chi connectivity index (χ3v) is 7.02. The Hall–Kier alpha value is -1.50. The summed E-state index contributed by atoms with van der Waals surface area (Å²) in [6.07, 6.45) is -3.89. The van der Waals surface area contributed by atoms with Gasteiger partial charge >= 0.3 is 172 Å². The van der Waals surface area contributed by atoms with Gasteiger partial charge in [0.25, 0.3) is 0 Å². The van der Waals surface area contributed by atoms with Crippen LogP contribution in [0.25, 0.3) is 0 Å². The molecule has 0 amide bonds. The van der Waals surface area contributed by atoms with Crippen molar-refractivity contribution < 1.29 is 38.0 Å². The normalized spacial score (nSPS) is 36.6. The zero-order chi connectivity index (χ0) is 19.3. The van der Waals surface area contributed by atoms with E-state index in [0.717, 1.165) is 11.3 Å². The van der Waals surface area contributed by atoms with E-state index in [1.54, 1.807) is 7.11 Å². The van der Waals surface area contributed by atoms with Crippen LogP contribution in [0.5, 0.6) is 5.75 Å². The molecule has 3 fully saturated rings. The van der Waals surface area contributed by atoms with Crippen molar-refractivity contribution >= 4 is 37.7 Å². The molecule has 9 heteroatoms. The van der Waals surface area contributed by atoms with Crippen LogP contribution in [0.4, 0.5) is 0 Å². The molecule has 0 bridgehead atoms. The summed E-state index contributed by atoms with van der Waals surface area (Å²) < 4.78 is 32.9. The summed E-state index contributed by atoms with van der Waals surface area (Å²) in [5.41, 5.74) is 1.04. The molecule has 0 saturated carbocycles. The Morgan fingerprint density at radius 2 is 1.89 bits per heavy atom. The Bertz CT molecular complexity index is 793. The number of esters is 2. The van der Waals surface area contributed by atoms with E-state index in [1.165, 1.54) is 6.92 Å². The molecule has 6 unspecified atom stereocenters. The SMILES string of the molecule is C=C(C)C(=O)OC1C(=O)OC2C3O[C]([Tl])(c4ccc(OC)cc4)OC3OC12. The summed E-state index contributed by atoms with van der Waals surface area (Å²) in [4.78, 5) is 23.9. The second-order valence-corrected chi connectivity index (χ2v) is 9.53. The number of methoxy groups -OCH3 is 1. The van der Waals surface area contributed by atoms with E-state index in [9.17, 15) is 9.59 Å². The minimum absolute atomic E-state index is 0.191. The van der Waals surface area contributed by atoms with Crippen molar-refractivity contribution in [1.82, 2.24) is 0 Å². The molecule has 0 aliphatic carbocycles. The van der Waals surface area contributed by atoms with Crippen molar-refractivity contribution in [3.63, 3.8) is 0 Å². The van der Waals surface area contributed by atoms with E-state index in [-0.39, 0.29) is 31.3 Å². The van der Waals surface area contributed by atoms with Crippen LogP contribution in [0, 0.1) is 0 Å². The fraction of sp³-hybridized carbons (Fsp3) is 0.444. The van der Waals surface area contributed by atoms with Crippen LogP contribution >= 0.6 is 0 Å². The maximum absolute atomic E-state index is 12.1. The number of fused-ring (bicyclic) bond motifs is 3. The number of carbonyl (C=O) groups excluding carboxylic acids is 2. The molecule has 0 aromatic heterocycles. The summed E-state index contributed by atoms with van der Waals surface area (Å²) in [5.74, 6) is -0.592. The predicted octanol–water partition coefficient (Wildman–Crippen LogP) is 0.528. The molecule has 3 aliphatic heterocycles. The Morgan fingerprint density at radius 1 is 1.19 bits per heavy atom. The van der Waals surface area contributed by atoms with Gasteiger partial charge in [-0.05, 0) is 0 Å². The van der Waals surface area contributed by atoms with Gasteiger partial charge in [-0.1, -0.05) is 0 Å². The van der Waals surface area contributed by atoms with E-state index < -0.39 is 46.0 Å². The molecule has 3 heterocycles. The number of rotatable bonds is 4. The average molecular weight is 566 g/mol. The number of benzene rings is 1. The molecule has 4 rings (SSSR count). The second kappa shape index (κ2) is 6.83. The molecule has 1 aromatic carbocycles. The van der Waals surface area contributed by atoms with Crippen LogP contribution in [0.15, 0.2) is 36.4 Å². The zero-order valence-electron chi connectivity index (χ0n) is 14.7. The first kappa shape index (κ1) is 18.8. The van der Waals surface area contributed by atoms with E-state index in [0.29, 0.717) is 0 Å². The van der Waals surface area contributed by atoms with Gasteiger partial charge in [-0.15, -0.1) is 0 Å². The van der Waals surface area contributed by atoms with E-state index in [1.807, 2.05) is 24.3 Å². The van der Waals surface area contributed by atoms with Crippen LogP contribution in [0.1, 0.15) is 12.5 Å². The third kappa shape index (κ3) is 3.18. The van der Waals surface area contributed by atoms with Gasteiger partial charge in [-0.3, -0.25) is 0 Å². The standard InChI is InChI=1S/C18H17O8.Tl/c1-8(2)15(19)23-13-11-12(22-16(13)20)14-18(24-11)26-17(25-14)9-4-6-10(21-3)7-5-9;/h4-7,11-14,18H,1H2,2-3H3;.